The maximum Gasteiger partial charge on any atom is 0.323 e. The van der Waals surface area contributed by atoms with Crippen molar-refractivity contribution < 1.29 is 9.53 Å². The highest BCUT2D eigenvalue weighted by molar-refractivity contribution is 5.75. The first-order valence-corrected chi connectivity index (χ1v) is 7.29. The molecule has 0 saturated carbocycles. The van der Waals surface area contributed by atoms with Crippen LogP contribution < -0.4 is 5.32 Å². The predicted octanol–water partition coefficient (Wildman–Crippen LogP) is 1.65. The van der Waals surface area contributed by atoms with Crippen LogP contribution >= 0.6 is 0 Å². The first-order chi connectivity index (χ1) is 8.67. The van der Waals surface area contributed by atoms with Crippen LogP contribution in [-0.4, -0.2) is 49.7 Å². The number of esters is 1. The van der Waals surface area contributed by atoms with E-state index in [9.17, 15) is 4.79 Å². The fourth-order valence-electron chi connectivity index (χ4n) is 2.59. The van der Waals surface area contributed by atoms with Gasteiger partial charge in [-0.15, -0.1) is 0 Å². The Labute approximate surface area is 111 Å². The van der Waals surface area contributed by atoms with Crippen molar-refractivity contribution >= 4 is 5.97 Å². The highest BCUT2D eigenvalue weighted by Crippen LogP contribution is 2.15. The second kappa shape index (κ2) is 8.48. The van der Waals surface area contributed by atoms with Crippen molar-refractivity contribution in [2.75, 3.05) is 32.8 Å². The standard InChI is InChI=1S/C14H28N2O2/c1-4-15-13(14(17)18-5-2)8-10-16-9-6-7-12(3)11-16/h12-13,15H,4-11H2,1-3H3. The molecule has 18 heavy (non-hydrogen) atoms. The Morgan fingerprint density at radius 1 is 1.50 bits per heavy atom. The van der Waals surface area contributed by atoms with E-state index >= 15 is 0 Å². The molecule has 0 aromatic carbocycles. The maximum atomic E-state index is 11.8. The summed E-state index contributed by atoms with van der Waals surface area (Å²) in [6.45, 7) is 10.8. The molecular formula is C14H28N2O2. The van der Waals surface area contributed by atoms with Gasteiger partial charge in [-0.25, -0.2) is 0 Å². The fraction of sp³-hybridized carbons (Fsp3) is 0.929. The van der Waals surface area contributed by atoms with E-state index < -0.39 is 0 Å². The number of ether oxygens (including phenoxy) is 1. The van der Waals surface area contributed by atoms with E-state index in [0.29, 0.717) is 6.61 Å². The summed E-state index contributed by atoms with van der Waals surface area (Å²) in [5.74, 6) is 0.684. The Hall–Kier alpha value is -0.610. The third kappa shape index (κ3) is 5.36. The molecule has 0 aliphatic carbocycles. The largest absolute Gasteiger partial charge is 0.465 e. The second-order valence-corrected chi connectivity index (χ2v) is 5.20. The molecule has 0 radical (unpaired) electrons. The van der Waals surface area contributed by atoms with Crippen LogP contribution in [0.15, 0.2) is 0 Å². The van der Waals surface area contributed by atoms with Crippen molar-refractivity contribution in [3.63, 3.8) is 0 Å². The minimum Gasteiger partial charge on any atom is -0.465 e. The van der Waals surface area contributed by atoms with E-state index in [1.165, 1.54) is 25.9 Å². The Morgan fingerprint density at radius 2 is 2.28 bits per heavy atom. The molecule has 1 aliphatic rings. The molecule has 1 saturated heterocycles. The van der Waals surface area contributed by atoms with E-state index in [1.807, 2.05) is 13.8 Å². The first-order valence-electron chi connectivity index (χ1n) is 7.29. The topological polar surface area (TPSA) is 41.6 Å². The molecule has 0 bridgehead atoms. The minimum atomic E-state index is -0.146. The van der Waals surface area contributed by atoms with Gasteiger partial charge in [-0.1, -0.05) is 13.8 Å². The van der Waals surface area contributed by atoms with Crippen LogP contribution in [0.25, 0.3) is 0 Å². The van der Waals surface area contributed by atoms with E-state index in [0.717, 1.165) is 25.4 Å². The molecule has 0 aromatic heterocycles. The molecule has 1 rings (SSSR count). The summed E-state index contributed by atoms with van der Waals surface area (Å²) < 4.78 is 5.10. The van der Waals surface area contributed by atoms with E-state index in [1.54, 1.807) is 0 Å². The van der Waals surface area contributed by atoms with Crippen molar-refractivity contribution in [3.05, 3.63) is 0 Å². The highest BCUT2D eigenvalue weighted by atomic mass is 16.5. The Morgan fingerprint density at radius 3 is 2.89 bits per heavy atom. The summed E-state index contributed by atoms with van der Waals surface area (Å²) >= 11 is 0. The average molecular weight is 256 g/mol. The van der Waals surface area contributed by atoms with Gasteiger partial charge in [0.25, 0.3) is 0 Å². The zero-order valence-electron chi connectivity index (χ0n) is 12.1. The lowest BCUT2D eigenvalue weighted by Gasteiger charge is -2.31. The van der Waals surface area contributed by atoms with Gasteiger partial charge in [-0.2, -0.15) is 0 Å². The molecule has 1 heterocycles. The second-order valence-electron chi connectivity index (χ2n) is 5.20. The third-order valence-corrected chi connectivity index (χ3v) is 3.50. The lowest BCUT2D eigenvalue weighted by Crippen LogP contribution is -2.42. The first kappa shape index (κ1) is 15.4. The third-order valence-electron chi connectivity index (χ3n) is 3.50. The summed E-state index contributed by atoms with van der Waals surface area (Å²) in [4.78, 5) is 14.2. The van der Waals surface area contributed by atoms with E-state index in [2.05, 4.69) is 17.1 Å². The lowest BCUT2D eigenvalue weighted by atomic mass is 10.00. The molecule has 106 valence electrons. The molecule has 0 spiro atoms. The Balaban J connectivity index is 2.34. The van der Waals surface area contributed by atoms with Gasteiger partial charge in [0.1, 0.15) is 6.04 Å². The SMILES string of the molecule is CCNC(CCN1CCCC(C)C1)C(=O)OCC. The summed E-state index contributed by atoms with van der Waals surface area (Å²) in [7, 11) is 0. The van der Waals surface area contributed by atoms with Crippen molar-refractivity contribution in [2.45, 2.75) is 46.1 Å². The molecule has 2 atom stereocenters. The van der Waals surface area contributed by atoms with E-state index in [-0.39, 0.29) is 12.0 Å². The lowest BCUT2D eigenvalue weighted by molar-refractivity contribution is -0.145. The number of likely N-dealkylation sites (N-methyl/N-ethyl adjacent to an activating group) is 1. The van der Waals surface area contributed by atoms with Crippen LogP contribution in [0.1, 0.15) is 40.0 Å². The van der Waals surface area contributed by atoms with Gasteiger partial charge < -0.3 is 15.0 Å². The van der Waals surface area contributed by atoms with E-state index in [4.69, 9.17) is 4.74 Å². The van der Waals surface area contributed by atoms with Crippen molar-refractivity contribution in [1.82, 2.24) is 10.2 Å². The molecule has 4 nitrogen and oxygen atoms in total. The summed E-state index contributed by atoms with van der Waals surface area (Å²) in [5, 5.41) is 3.22. The van der Waals surface area contributed by atoms with Crippen LogP contribution in [-0.2, 0) is 9.53 Å². The van der Waals surface area contributed by atoms with Crippen LogP contribution in [0.3, 0.4) is 0 Å². The summed E-state index contributed by atoms with van der Waals surface area (Å²) in [6.07, 6.45) is 3.47. The highest BCUT2D eigenvalue weighted by Gasteiger charge is 2.21. The number of piperidine rings is 1. The molecule has 0 amide bonds. The zero-order chi connectivity index (χ0) is 13.4. The zero-order valence-corrected chi connectivity index (χ0v) is 12.1. The molecule has 0 aromatic rings. The van der Waals surface area contributed by atoms with Gasteiger partial charge >= 0.3 is 5.97 Å². The number of likely N-dealkylation sites (tertiary alicyclic amines) is 1. The fourth-order valence-corrected chi connectivity index (χ4v) is 2.59. The molecule has 1 fully saturated rings. The maximum absolute atomic E-state index is 11.8. The number of nitrogens with one attached hydrogen (secondary N) is 1. The van der Waals surface area contributed by atoms with Gasteiger partial charge in [-0.3, -0.25) is 4.79 Å². The van der Waals surface area contributed by atoms with Gasteiger partial charge in [0.2, 0.25) is 0 Å². The average Bonchev–Trinajstić information content (AvgIpc) is 2.35. The van der Waals surface area contributed by atoms with Gasteiger partial charge in [0, 0.05) is 13.1 Å². The van der Waals surface area contributed by atoms with Crippen LogP contribution in [0, 0.1) is 5.92 Å². The molecule has 4 heteroatoms. The molecule has 1 N–H and O–H groups in total. The molecular weight excluding hydrogens is 228 g/mol. The number of nitrogens with zero attached hydrogens (tertiary/aromatic N) is 1. The number of hydrogen-bond donors (Lipinski definition) is 1. The number of rotatable bonds is 7. The van der Waals surface area contributed by atoms with Crippen molar-refractivity contribution in [2.24, 2.45) is 5.92 Å². The van der Waals surface area contributed by atoms with Gasteiger partial charge in [-0.05, 0) is 45.2 Å². The Bertz CT molecular complexity index is 246. The number of carbonyl (C=O) groups excluding carboxylic acids is 1. The normalized spacial score (nSPS) is 22.7. The minimum absolute atomic E-state index is 0.107. The van der Waals surface area contributed by atoms with Gasteiger partial charge in [0.05, 0.1) is 6.61 Å². The summed E-state index contributed by atoms with van der Waals surface area (Å²) in [6, 6.07) is -0.146. The number of carbonyl (C=O) groups is 1. The van der Waals surface area contributed by atoms with Crippen molar-refractivity contribution in [1.29, 1.82) is 0 Å². The van der Waals surface area contributed by atoms with Gasteiger partial charge in [0.15, 0.2) is 0 Å². The van der Waals surface area contributed by atoms with Crippen LogP contribution in [0.4, 0.5) is 0 Å². The van der Waals surface area contributed by atoms with Crippen LogP contribution in [0.5, 0.6) is 0 Å². The quantitative estimate of drug-likeness (QED) is 0.703. The molecule has 2 unspecified atom stereocenters. The number of hydrogen-bond acceptors (Lipinski definition) is 4. The van der Waals surface area contributed by atoms with Crippen LogP contribution in [0.2, 0.25) is 0 Å². The predicted molar refractivity (Wildman–Crippen MR) is 73.6 cm³/mol. The summed E-state index contributed by atoms with van der Waals surface area (Å²) in [5.41, 5.74) is 0. The smallest absolute Gasteiger partial charge is 0.323 e. The molecule has 1 aliphatic heterocycles. The monoisotopic (exact) mass is 256 g/mol. The Kier molecular flexibility index (Phi) is 7.28. The van der Waals surface area contributed by atoms with Crippen molar-refractivity contribution in [3.8, 4) is 0 Å².